The van der Waals surface area contributed by atoms with Gasteiger partial charge in [-0.2, -0.15) is 0 Å². The number of amides is 2. The van der Waals surface area contributed by atoms with Crippen molar-refractivity contribution in [3.05, 3.63) is 22.7 Å². The van der Waals surface area contributed by atoms with Crippen LogP contribution in [0.5, 0.6) is 5.75 Å². The molecule has 1 heterocycles. The summed E-state index contributed by atoms with van der Waals surface area (Å²) in [5.74, 6) is -0.0427. The number of carbonyl (C=O) groups excluding carboxylic acids is 2. The predicted octanol–water partition coefficient (Wildman–Crippen LogP) is 2.56. The molecule has 2 amide bonds. The maximum atomic E-state index is 12.8. The average molecular weight is 341 g/mol. The first-order valence-electron chi connectivity index (χ1n) is 7.41. The van der Waals surface area contributed by atoms with Gasteiger partial charge >= 0.3 is 0 Å². The third kappa shape index (κ3) is 4.14. The van der Waals surface area contributed by atoms with E-state index in [0.29, 0.717) is 35.1 Å². The fraction of sp³-hybridized carbons (Fsp3) is 0.500. The molecule has 0 aliphatic carbocycles. The Hall–Kier alpha value is -1.79. The SMILES string of the molecule is COc1cc(NC(C)=O)c(Cl)cc1C(=O)N1CC(C)OC(C)C1. The molecule has 2 atom stereocenters. The van der Waals surface area contributed by atoms with E-state index in [0.717, 1.165) is 0 Å². The first kappa shape index (κ1) is 17.6. The van der Waals surface area contributed by atoms with E-state index in [9.17, 15) is 9.59 Å². The summed E-state index contributed by atoms with van der Waals surface area (Å²) < 4.78 is 10.9. The van der Waals surface area contributed by atoms with Crippen LogP contribution in [0, 0.1) is 0 Å². The number of anilines is 1. The maximum absolute atomic E-state index is 12.8. The number of morpholine rings is 1. The summed E-state index contributed by atoms with van der Waals surface area (Å²) in [5, 5.41) is 2.90. The van der Waals surface area contributed by atoms with Gasteiger partial charge in [0.2, 0.25) is 5.91 Å². The molecule has 1 N–H and O–H groups in total. The number of hydrogen-bond acceptors (Lipinski definition) is 4. The molecule has 0 radical (unpaired) electrons. The Bertz CT molecular complexity index is 610. The Kier molecular flexibility index (Phi) is 5.49. The molecule has 0 bridgehead atoms. The molecule has 1 aliphatic heterocycles. The minimum atomic E-state index is -0.246. The Labute approximate surface area is 140 Å². The number of hydrogen-bond donors (Lipinski definition) is 1. The summed E-state index contributed by atoms with van der Waals surface area (Å²) in [6.07, 6.45) is -0.0503. The highest BCUT2D eigenvalue weighted by Crippen LogP contribution is 2.32. The fourth-order valence-corrected chi connectivity index (χ4v) is 2.90. The molecule has 6 nitrogen and oxygen atoms in total. The van der Waals surface area contributed by atoms with Gasteiger partial charge in [-0.15, -0.1) is 0 Å². The van der Waals surface area contributed by atoms with Gasteiger partial charge in [-0.25, -0.2) is 0 Å². The lowest BCUT2D eigenvalue weighted by molar-refractivity contribution is -0.114. The van der Waals surface area contributed by atoms with Crippen LogP contribution < -0.4 is 10.1 Å². The number of carbonyl (C=O) groups is 2. The van der Waals surface area contributed by atoms with Gasteiger partial charge in [-0.1, -0.05) is 11.6 Å². The number of nitrogens with one attached hydrogen (secondary N) is 1. The Morgan fingerprint density at radius 3 is 2.43 bits per heavy atom. The first-order chi connectivity index (χ1) is 10.8. The first-order valence-corrected chi connectivity index (χ1v) is 7.79. The quantitative estimate of drug-likeness (QED) is 0.918. The minimum Gasteiger partial charge on any atom is -0.496 e. The summed E-state index contributed by atoms with van der Waals surface area (Å²) in [6, 6.07) is 3.09. The lowest BCUT2D eigenvalue weighted by Crippen LogP contribution is -2.48. The smallest absolute Gasteiger partial charge is 0.257 e. The second kappa shape index (κ2) is 7.19. The van der Waals surface area contributed by atoms with Crippen molar-refractivity contribution < 1.29 is 19.1 Å². The van der Waals surface area contributed by atoms with Crippen molar-refractivity contribution in [2.24, 2.45) is 0 Å². The van der Waals surface area contributed by atoms with Crippen LogP contribution in [0.25, 0.3) is 0 Å². The lowest BCUT2D eigenvalue weighted by Gasteiger charge is -2.35. The van der Waals surface area contributed by atoms with Gasteiger partial charge in [-0.05, 0) is 19.9 Å². The van der Waals surface area contributed by atoms with E-state index in [1.165, 1.54) is 20.1 Å². The summed E-state index contributed by atoms with van der Waals surface area (Å²) in [7, 11) is 1.47. The molecule has 7 heteroatoms. The minimum absolute atomic E-state index is 0.0252. The van der Waals surface area contributed by atoms with Gasteiger partial charge < -0.3 is 19.7 Å². The molecular weight excluding hydrogens is 320 g/mol. The normalized spacial score (nSPS) is 21.0. The van der Waals surface area contributed by atoms with Gasteiger partial charge in [0.05, 0.1) is 35.6 Å². The zero-order valence-corrected chi connectivity index (χ0v) is 14.4. The van der Waals surface area contributed by atoms with Crippen molar-refractivity contribution in [2.45, 2.75) is 33.0 Å². The highest BCUT2D eigenvalue weighted by molar-refractivity contribution is 6.34. The average Bonchev–Trinajstić information content (AvgIpc) is 2.46. The predicted molar refractivity (Wildman–Crippen MR) is 88.2 cm³/mol. The number of rotatable bonds is 3. The summed E-state index contributed by atoms with van der Waals surface area (Å²) in [5.41, 5.74) is 0.782. The van der Waals surface area contributed by atoms with Gasteiger partial charge in [0.25, 0.3) is 5.91 Å². The summed E-state index contributed by atoms with van der Waals surface area (Å²) in [4.78, 5) is 25.7. The van der Waals surface area contributed by atoms with Gasteiger partial charge in [0.15, 0.2) is 0 Å². The molecule has 1 aromatic carbocycles. The molecule has 23 heavy (non-hydrogen) atoms. The van der Waals surface area contributed by atoms with Crippen LogP contribution in [0.4, 0.5) is 5.69 Å². The van der Waals surface area contributed by atoms with Crippen LogP contribution in [-0.2, 0) is 9.53 Å². The zero-order chi connectivity index (χ0) is 17.1. The number of benzene rings is 1. The molecule has 1 fully saturated rings. The molecule has 1 saturated heterocycles. The zero-order valence-electron chi connectivity index (χ0n) is 13.7. The highest BCUT2D eigenvalue weighted by Gasteiger charge is 2.28. The van der Waals surface area contributed by atoms with Crippen LogP contribution in [0.1, 0.15) is 31.1 Å². The molecule has 126 valence electrons. The number of halogens is 1. The van der Waals surface area contributed by atoms with Gasteiger partial charge in [0, 0.05) is 26.1 Å². The van der Waals surface area contributed by atoms with E-state index in [-0.39, 0.29) is 24.0 Å². The standard InChI is InChI=1S/C16H21ClN2O4/c1-9-7-19(8-10(2)23-9)16(21)12-5-13(17)14(18-11(3)20)6-15(12)22-4/h5-6,9-10H,7-8H2,1-4H3,(H,18,20). The van der Waals surface area contributed by atoms with Crippen molar-refractivity contribution in [3.63, 3.8) is 0 Å². The van der Waals surface area contributed by atoms with Crippen molar-refractivity contribution in [3.8, 4) is 5.75 Å². The summed E-state index contributed by atoms with van der Waals surface area (Å²) in [6.45, 7) is 6.27. The van der Waals surface area contributed by atoms with Crippen molar-refractivity contribution in [1.29, 1.82) is 0 Å². The number of methoxy groups -OCH3 is 1. The third-order valence-corrected chi connectivity index (χ3v) is 3.85. The molecule has 0 aromatic heterocycles. The Balaban J connectivity index is 2.32. The highest BCUT2D eigenvalue weighted by atomic mass is 35.5. The van der Waals surface area contributed by atoms with E-state index in [4.69, 9.17) is 21.1 Å². The van der Waals surface area contributed by atoms with Gasteiger partial charge in [0.1, 0.15) is 5.75 Å². The van der Waals surface area contributed by atoms with E-state index < -0.39 is 0 Å². The fourth-order valence-electron chi connectivity index (χ4n) is 2.69. The Morgan fingerprint density at radius 1 is 1.30 bits per heavy atom. The number of ether oxygens (including phenoxy) is 2. The van der Waals surface area contributed by atoms with Crippen LogP contribution in [0.3, 0.4) is 0 Å². The molecule has 2 unspecified atom stereocenters. The second-order valence-electron chi connectivity index (χ2n) is 5.68. The molecule has 0 spiro atoms. The van der Waals surface area contributed by atoms with Crippen LogP contribution in [0.2, 0.25) is 5.02 Å². The maximum Gasteiger partial charge on any atom is 0.257 e. The van der Waals surface area contributed by atoms with Gasteiger partial charge in [-0.3, -0.25) is 9.59 Å². The number of nitrogens with zero attached hydrogens (tertiary/aromatic N) is 1. The van der Waals surface area contributed by atoms with Crippen LogP contribution in [-0.4, -0.2) is 49.1 Å². The van der Waals surface area contributed by atoms with E-state index >= 15 is 0 Å². The van der Waals surface area contributed by atoms with E-state index in [1.54, 1.807) is 11.0 Å². The van der Waals surface area contributed by atoms with E-state index in [1.807, 2.05) is 13.8 Å². The van der Waals surface area contributed by atoms with E-state index in [2.05, 4.69) is 5.32 Å². The molecule has 1 aromatic rings. The van der Waals surface area contributed by atoms with Crippen molar-refractivity contribution in [2.75, 3.05) is 25.5 Å². The Morgan fingerprint density at radius 2 is 1.91 bits per heavy atom. The van der Waals surface area contributed by atoms with Crippen LogP contribution >= 0.6 is 11.6 Å². The second-order valence-corrected chi connectivity index (χ2v) is 6.09. The molecule has 0 saturated carbocycles. The lowest BCUT2D eigenvalue weighted by atomic mass is 10.1. The summed E-state index contributed by atoms with van der Waals surface area (Å²) >= 11 is 6.18. The third-order valence-electron chi connectivity index (χ3n) is 3.54. The largest absolute Gasteiger partial charge is 0.496 e. The van der Waals surface area contributed by atoms with Crippen LogP contribution in [0.15, 0.2) is 12.1 Å². The van der Waals surface area contributed by atoms with Crippen molar-refractivity contribution in [1.82, 2.24) is 4.90 Å². The monoisotopic (exact) mass is 340 g/mol. The molecular formula is C16H21ClN2O4. The van der Waals surface area contributed by atoms with Crippen molar-refractivity contribution >= 4 is 29.1 Å². The topological polar surface area (TPSA) is 67.9 Å². The molecule has 2 rings (SSSR count). The molecule has 1 aliphatic rings.